The van der Waals surface area contributed by atoms with Gasteiger partial charge in [0.15, 0.2) is 5.78 Å². The van der Waals surface area contributed by atoms with Crippen LogP contribution < -0.4 is 0 Å². The predicted molar refractivity (Wildman–Crippen MR) is 117 cm³/mol. The van der Waals surface area contributed by atoms with Gasteiger partial charge in [0.1, 0.15) is 0 Å². The lowest BCUT2D eigenvalue weighted by Crippen LogP contribution is -2.35. The van der Waals surface area contributed by atoms with E-state index in [9.17, 15) is 4.79 Å². The maximum Gasteiger partial charge on any atom is 0.158 e. The lowest BCUT2D eigenvalue weighted by Gasteiger charge is -2.31. The first kappa shape index (κ1) is 23.6. The molecule has 0 aliphatic heterocycles. The van der Waals surface area contributed by atoms with Crippen LogP contribution in [0, 0.1) is 11.8 Å². The molecule has 152 valence electrons. The second-order valence-corrected chi connectivity index (χ2v) is 8.24. The van der Waals surface area contributed by atoms with E-state index in [1.54, 1.807) is 6.08 Å². The van der Waals surface area contributed by atoms with Crippen molar-refractivity contribution in [3.63, 3.8) is 0 Å². The average Bonchev–Trinajstić information content (AvgIpc) is 2.61. The molecule has 3 atom stereocenters. The Hall–Kier alpha value is -1.41. The van der Waals surface area contributed by atoms with Crippen LogP contribution in [0.4, 0.5) is 0 Å². The summed E-state index contributed by atoms with van der Waals surface area (Å²) in [7, 11) is 0. The summed E-state index contributed by atoms with van der Waals surface area (Å²) in [6.07, 6.45) is 17.1. The van der Waals surface area contributed by atoms with Crippen LogP contribution in [-0.4, -0.2) is 18.5 Å². The molecule has 0 amide bonds. The molecular formula is C25H40O2. The third-order valence-electron chi connectivity index (χ3n) is 5.34. The molecule has 0 N–H and O–H groups in total. The van der Waals surface area contributed by atoms with Gasteiger partial charge < -0.3 is 4.74 Å². The number of ether oxygens (including phenoxy) is 1. The van der Waals surface area contributed by atoms with Crippen molar-refractivity contribution in [2.75, 3.05) is 6.61 Å². The van der Waals surface area contributed by atoms with E-state index < -0.39 is 0 Å². The molecule has 0 aromatic heterocycles. The van der Waals surface area contributed by atoms with Gasteiger partial charge in [0.05, 0.1) is 6.10 Å². The molecule has 2 unspecified atom stereocenters. The maximum absolute atomic E-state index is 12.1. The molecule has 0 saturated heterocycles. The van der Waals surface area contributed by atoms with Crippen LogP contribution in [0.5, 0.6) is 0 Å². The smallest absolute Gasteiger partial charge is 0.158 e. The van der Waals surface area contributed by atoms with Crippen LogP contribution in [0.3, 0.4) is 0 Å². The third-order valence-corrected chi connectivity index (χ3v) is 5.34. The molecule has 0 saturated carbocycles. The Morgan fingerprint density at radius 1 is 1.04 bits per heavy atom. The Labute approximate surface area is 167 Å². The molecule has 0 aromatic rings. The lowest BCUT2D eigenvalue weighted by molar-refractivity contribution is -0.122. The zero-order chi connectivity index (χ0) is 20.2. The van der Waals surface area contributed by atoms with Crippen molar-refractivity contribution >= 4 is 5.78 Å². The minimum absolute atomic E-state index is 0.0399. The van der Waals surface area contributed by atoms with Gasteiger partial charge >= 0.3 is 0 Å². The monoisotopic (exact) mass is 372 g/mol. The first-order valence-electron chi connectivity index (χ1n) is 10.6. The summed E-state index contributed by atoms with van der Waals surface area (Å²) in [6, 6.07) is 0. The molecule has 0 radical (unpaired) electrons. The average molecular weight is 373 g/mol. The number of ketones is 1. The molecule has 2 nitrogen and oxygen atoms in total. The fourth-order valence-electron chi connectivity index (χ4n) is 3.43. The van der Waals surface area contributed by atoms with E-state index in [2.05, 4.69) is 52.8 Å². The number of carbonyl (C=O) groups is 1. The van der Waals surface area contributed by atoms with E-state index >= 15 is 0 Å². The van der Waals surface area contributed by atoms with Gasteiger partial charge in [-0.05, 0) is 72.3 Å². The predicted octanol–water partition coefficient (Wildman–Crippen LogP) is 6.98. The van der Waals surface area contributed by atoms with Crippen LogP contribution in [0.2, 0.25) is 0 Å². The van der Waals surface area contributed by atoms with Crippen molar-refractivity contribution in [2.45, 2.75) is 86.2 Å². The molecule has 0 aromatic carbocycles. The molecule has 1 rings (SSSR count). The van der Waals surface area contributed by atoms with Crippen molar-refractivity contribution < 1.29 is 9.53 Å². The van der Waals surface area contributed by atoms with Crippen LogP contribution in [-0.2, 0) is 9.53 Å². The molecule has 0 bridgehead atoms. The van der Waals surface area contributed by atoms with Gasteiger partial charge in [-0.1, -0.05) is 54.9 Å². The van der Waals surface area contributed by atoms with Crippen molar-refractivity contribution in [1.82, 2.24) is 0 Å². The zero-order valence-electron chi connectivity index (χ0n) is 18.4. The summed E-state index contributed by atoms with van der Waals surface area (Å²) >= 11 is 0. The molecule has 2 heteroatoms. The SMILES string of the molecule is CCCOC1C=CC(=O)C(C)[C@@H]1C/C=C(\C)CC/C=C(\C)CCC=C(C)C. The first-order valence-corrected chi connectivity index (χ1v) is 10.6. The summed E-state index contributed by atoms with van der Waals surface area (Å²) in [6.45, 7) is 13.7. The third kappa shape index (κ3) is 9.37. The van der Waals surface area contributed by atoms with Crippen molar-refractivity contribution in [3.05, 3.63) is 47.1 Å². The fourth-order valence-corrected chi connectivity index (χ4v) is 3.43. The molecule has 1 aliphatic carbocycles. The van der Waals surface area contributed by atoms with Gasteiger partial charge in [-0.2, -0.15) is 0 Å². The highest BCUT2D eigenvalue weighted by atomic mass is 16.5. The van der Waals surface area contributed by atoms with E-state index in [0.717, 1.165) is 45.1 Å². The Bertz CT molecular complexity index is 573. The van der Waals surface area contributed by atoms with Crippen LogP contribution >= 0.6 is 0 Å². The van der Waals surface area contributed by atoms with Gasteiger partial charge in [0.2, 0.25) is 0 Å². The summed E-state index contributed by atoms with van der Waals surface area (Å²) in [5.74, 6) is 0.529. The fraction of sp³-hybridized carbons (Fsp3) is 0.640. The molecule has 27 heavy (non-hydrogen) atoms. The summed E-state index contributed by atoms with van der Waals surface area (Å²) < 4.78 is 5.98. The van der Waals surface area contributed by atoms with Gasteiger partial charge in [0, 0.05) is 18.4 Å². The molecule has 0 fully saturated rings. The second kappa shape index (κ2) is 12.9. The summed E-state index contributed by atoms with van der Waals surface area (Å²) in [5.41, 5.74) is 4.28. The van der Waals surface area contributed by atoms with Gasteiger partial charge in [-0.15, -0.1) is 0 Å². The van der Waals surface area contributed by atoms with E-state index in [4.69, 9.17) is 4.74 Å². The largest absolute Gasteiger partial charge is 0.374 e. The highest BCUT2D eigenvalue weighted by molar-refractivity contribution is 5.92. The van der Waals surface area contributed by atoms with Gasteiger partial charge in [-0.25, -0.2) is 0 Å². The summed E-state index contributed by atoms with van der Waals surface area (Å²) in [4.78, 5) is 12.1. The second-order valence-electron chi connectivity index (χ2n) is 8.24. The van der Waals surface area contributed by atoms with Crippen molar-refractivity contribution in [1.29, 1.82) is 0 Å². The topological polar surface area (TPSA) is 26.3 Å². The van der Waals surface area contributed by atoms with E-state index in [-0.39, 0.29) is 23.7 Å². The van der Waals surface area contributed by atoms with Gasteiger partial charge in [-0.3, -0.25) is 4.79 Å². The number of hydrogen-bond donors (Lipinski definition) is 0. The first-order chi connectivity index (χ1) is 12.8. The van der Waals surface area contributed by atoms with Crippen molar-refractivity contribution in [2.24, 2.45) is 11.8 Å². The molecule has 0 spiro atoms. The minimum atomic E-state index is 0.0399. The van der Waals surface area contributed by atoms with E-state index in [1.165, 1.54) is 16.7 Å². The van der Waals surface area contributed by atoms with E-state index in [0.29, 0.717) is 0 Å². The van der Waals surface area contributed by atoms with Crippen molar-refractivity contribution in [3.8, 4) is 0 Å². The highest BCUT2D eigenvalue weighted by Crippen LogP contribution is 2.29. The van der Waals surface area contributed by atoms with Crippen LogP contribution in [0.1, 0.15) is 80.1 Å². The number of allylic oxidation sites excluding steroid dienone is 7. The standard InChI is InChI=1S/C25H40O2/c1-7-18-27-25-17-16-24(26)22(6)23(25)15-14-21(5)13-9-12-20(4)11-8-10-19(2)3/h10,12,14,16-17,22-23,25H,7-9,11,13,15,18H2,1-6H3/b20-12+,21-14+/t22?,23-,25?/m0/s1. The maximum atomic E-state index is 12.1. The van der Waals surface area contributed by atoms with Gasteiger partial charge in [0.25, 0.3) is 0 Å². The minimum Gasteiger partial charge on any atom is -0.374 e. The Kier molecular flexibility index (Phi) is 11.3. The Morgan fingerprint density at radius 3 is 2.30 bits per heavy atom. The zero-order valence-corrected chi connectivity index (χ0v) is 18.4. The Morgan fingerprint density at radius 2 is 1.67 bits per heavy atom. The van der Waals surface area contributed by atoms with Crippen LogP contribution in [0.15, 0.2) is 47.1 Å². The molecular weight excluding hydrogens is 332 g/mol. The highest BCUT2D eigenvalue weighted by Gasteiger charge is 2.32. The Balaban J connectivity index is 2.52. The van der Waals surface area contributed by atoms with E-state index in [1.807, 2.05) is 13.0 Å². The molecule has 1 aliphatic rings. The number of hydrogen-bond acceptors (Lipinski definition) is 2. The van der Waals surface area contributed by atoms with Crippen LogP contribution in [0.25, 0.3) is 0 Å². The summed E-state index contributed by atoms with van der Waals surface area (Å²) in [5, 5.41) is 0. The number of rotatable bonds is 11. The number of carbonyl (C=O) groups excluding carboxylic acids is 1. The lowest BCUT2D eigenvalue weighted by atomic mass is 9.79. The normalized spacial score (nSPS) is 23.6. The molecule has 0 heterocycles. The quantitative estimate of drug-likeness (QED) is 0.366.